The predicted octanol–water partition coefficient (Wildman–Crippen LogP) is 1.73. The van der Waals surface area contributed by atoms with Crippen LogP contribution < -0.4 is 5.32 Å². The molecule has 3 rings (SSSR count). The summed E-state index contributed by atoms with van der Waals surface area (Å²) >= 11 is 0. The van der Waals surface area contributed by atoms with E-state index in [2.05, 4.69) is 20.5 Å². The van der Waals surface area contributed by atoms with Gasteiger partial charge in [-0.05, 0) is 19.1 Å². The van der Waals surface area contributed by atoms with Crippen molar-refractivity contribution in [2.24, 2.45) is 5.92 Å². The number of aromatic amines is 1. The van der Waals surface area contributed by atoms with E-state index in [1.807, 2.05) is 0 Å². The quantitative estimate of drug-likeness (QED) is 0.847. The molecule has 2 amide bonds. The minimum absolute atomic E-state index is 0.0110. The van der Waals surface area contributed by atoms with Gasteiger partial charge in [0.15, 0.2) is 5.82 Å². The van der Waals surface area contributed by atoms with Crippen molar-refractivity contribution in [3.8, 4) is 0 Å². The van der Waals surface area contributed by atoms with Crippen molar-refractivity contribution in [2.75, 3.05) is 20.1 Å². The van der Waals surface area contributed by atoms with Crippen LogP contribution in [0.1, 0.15) is 33.5 Å². The largest absolute Gasteiger partial charge is 0.417 e. The molecule has 2 N–H and O–H groups in total. The number of amides is 2. The molecule has 2 atom stereocenters. The maximum atomic E-state index is 13.2. The SMILES string of the molecule is CNC(=O)[C@@H]1CN(C(=O)c2ccccc2C(F)(F)F)C[C@H]1c1n[nH]c(C)n1. The van der Waals surface area contributed by atoms with Crippen LogP contribution in [0.25, 0.3) is 0 Å². The molecule has 2 heterocycles. The van der Waals surface area contributed by atoms with Gasteiger partial charge in [0.25, 0.3) is 5.91 Å². The van der Waals surface area contributed by atoms with Crippen LogP contribution >= 0.6 is 0 Å². The van der Waals surface area contributed by atoms with E-state index in [0.717, 1.165) is 12.1 Å². The second-order valence-electron chi connectivity index (χ2n) is 6.36. The zero-order valence-corrected chi connectivity index (χ0v) is 14.7. The highest BCUT2D eigenvalue weighted by atomic mass is 19.4. The summed E-state index contributed by atoms with van der Waals surface area (Å²) in [6.45, 7) is 1.74. The Bertz CT molecular complexity index is 864. The number of nitrogens with zero attached hydrogens (tertiary/aromatic N) is 3. The van der Waals surface area contributed by atoms with Crippen molar-refractivity contribution >= 4 is 11.8 Å². The summed E-state index contributed by atoms with van der Waals surface area (Å²) in [6, 6.07) is 4.63. The standard InChI is InChI=1S/C17H18F3N5O2/c1-9-22-14(24-23-9)11-7-25(8-12(11)15(26)21-2)16(27)10-5-3-4-6-13(10)17(18,19)20/h3-6,11-12H,7-8H2,1-2H3,(H,21,26)(H,22,23,24)/t11-,12-/m1/s1. The fraction of sp³-hybridized carbons (Fsp3) is 0.412. The summed E-state index contributed by atoms with van der Waals surface area (Å²) in [6.07, 6.45) is -4.65. The van der Waals surface area contributed by atoms with Gasteiger partial charge in [0.2, 0.25) is 5.91 Å². The summed E-state index contributed by atoms with van der Waals surface area (Å²) < 4.78 is 39.7. The van der Waals surface area contributed by atoms with Gasteiger partial charge in [0.1, 0.15) is 5.82 Å². The van der Waals surface area contributed by atoms with Crippen LogP contribution in [-0.2, 0) is 11.0 Å². The van der Waals surface area contributed by atoms with Crippen LogP contribution in [0.3, 0.4) is 0 Å². The third-order valence-electron chi connectivity index (χ3n) is 4.60. The molecule has 27 heavy (non-hydrogen) atoms. The fourth-order valence-electron chi connectivity index (χ4n) is 3.30. The van der Waals surface area contributed by atoms with Crippen molar-refractivity contribution < 1.29 is 22.8 Å². The van der Waals surface area contributed by atoms with E-state index in [9.17, 15) is 22.8 Å². The van der Waals surface area contributed by atoms with Crippen molar-refractivity contribution in [3.05, 3.63) is 47.0 Å². The molecule has 1 fully saturated rings. The Morgan fingerprint density at radius 1 is 1.26 bits per heavy atom. The minimum Gasteiger partial charge on any atom is -0.359 e. The van der Waals surface area contributed by atoms with Crippen LogP contribution in [0.15, 0.2) is 24.3 Å². The Hall–Kier alpha value is -2.91. The van der Waals surface area contributed by atoms with Crippen LogP contribution in [0.2, 0.25) is 0 Å². The highest BCUT2D eigenvalue weighted by Crippen LogP contribution is 2.35. The molecule has 1 saturated heterocycles. The molecule has 1 aliphatic heterocycles. The molecular formula is C17H18F3N5O2. The van der Waals surface area contributed by atoms with E-state index >= 15 is 0 Å². The Morgan fingerprint density at radius 2 is 1.96 bits per heavy atom. The lowest BCUT2D eigenvalue weighted by atomic mass is 9.94. The molecule has 2 aromatic rings. The minimum atomic E-state index is -4.65. The zero-order valence-electron chi connectivity index (χ0n) is 14.7. The number of carbonyl (C=O) groups excluding carboxylic acids is 2. The van der Waals surface area contributed by atoms with Gasteiger partial charge in [-0.3, -0.25) is 14.7 Å². The topological polar surface area (TPSA) is 91.0 Å². The number of H-pyrrole nitrogens is 1. The summed E-state index contributed by atoms with van der Waals surface area (Å²) in [5.41, 5.74) is -1.43. The monoisotopic (exact) mass is 381 g/mol. The Kier molecular flexibility index (Phi) is 4.90. The van der Waals surface area contributed by atoms with Crippen LogP contribution in [-0.4, -0.2) is 52.0 Å². The molecule has 0 saturated carbocycles. The van der Waals surface area contributed by atoms with Gasteiger partial charge in [-0.25, -0.2) is 4.98 Å². The van der Waals surface area contributed by atoms with Gasteiger partial charge in [0, 0.05) is 20.1 Å². The highest BCUT2D eigenvalue weighted by Gasteiger charge is 2.44. The number of carbonyl (C=O) groups is 2. The number of hydrogen-bond acceptors (Lipinski definition) is 4. The van der Waals surface area contributed by atoms with Gasteiger partial charge in [0.05, 0.1) is 23.0 Å². The number of likely N-dealkylation sites (tertiary alicyclic amines) is 1. The van der Waals surface area contributed by atoms with Crippen LogP contribution in [0.5, 0.6) is 0 Å². The Morgan fingerprint density at radius 3 is 2.56 bits per heavy atom. The lowest BCUT2D eigenvalue weighted by molar-refractivity contribution is -0.138. The van der Waals surface area contributed by atoms with E-state index in [-0.39, 0.29) is 19.0 Å². The maximum absolute atomic E-state index is 13.2. The van der Waals surface area contributed by atoms with Gasteiger partial charge < -0.3 is 10.2 Å². The molecule has 1 aromatic carbocycles. The van der Waals surface area contributed by atoms with Crippen molar-refractivity contribution in [2.45, 2.75) is 19.0 Å². The third kappa shape index (κ3) is 3.64. The average molecular weight is 381 g/mol. The smallest absolute Gasteiger partial charge is 0.359 e. The summed E-state index contributed by atoms with van der Waals surface area (Å²) in [7, 11) is 1.46. The molecule has 144 valence electrons. The number of alkyl halides is 3. The first-order valence-electron chi connectivity index (χ1n) is 8.28. The highest BCUT2D eigenvalue weighted by molar-refractivity contribution is 5.96. The number of benzene rings is 1. The van der Waals surface area contributed by atoms with Crippen molar-refractivity contribution in [1.82, 2.24) is 25.4 Å². The summed E-state index contributed by atoms with van der Waals surface area (Å²) in [5.74, 6) is -1.33. The van der Waals surface area contributed by atoms with Crippen molar-refractivity contribution in [3.63, 3.8) is 0 Å². The van der Waals surface area contributed by atoms with E-state index < -0.39 is 35.0 Å². The van der Waals surface area contributed by atoms with Gasteiger partial charge in [-0.1, -0.05) is 12.1 Å². The van der Waals surface area contributed by atoms with Gasteiger partial charge >= 0.3 is 6.18 Å². The number of aryl methyl sites for hydroxylation is 1. The lowest BCUT2D eigenvalue weighted by Crippen LogP contribution is -2.34. The molecule has 1 aromatic heterocycles. The Balaban J connectivity index is 1.92. The van der Waals surface area contributed by atoms with E-state index in [4.69, 9.17) is 0 Å². The summed E-state index contributed by atoms with van der Waals surface area (Å²) in [5, 5.41) is 9.26. The third-order valence-corrected chi connectivity index (χ3v) is 4.60. The summed E-state index contributed by atoms with van der Waals surface area (Å²) in [4.78, 5) is 30.5. The normalized spacial score (nSPS) is 20.0. The fourth-order valence-corrected chi connectivity index (χ4v) is 3.30. The molecule has 0 bridgehead atoms. The first-order chi connectivity index (χ1) is 12.7. The van der Waals surface area contributed by atoms with E-state index in [1.165, 1.54) is 24.1 Å². The van der Waals surface area contributed by atoms with Crippen molar-refractivity contribution in [1.29, 1.82) is 0 Å². The molecule has 0 spiro atoms. The van der Waals surface area contributed by atoms with Gasteiger partial charge in [-0.15, -0.1) is 0 Å². The van der Waals surface area contributed by atoms with E-state index in [0.29, 0.717) is 11.6 Å². The Labute approximate surface area is 153 Å². The number of nitrogens with one attached hydrogen (secondary N) is 2. The second kappa shape index (κ2) is 7.01. The zero-order chi connectivity index (χ0) is 19.8. The maximum Gasteiger partial charge on any atom is 0.417 e. The van der Waals surface area contributed by atoms with Crippen LogP contribution in [0, 0.1) is 12.8 Å². The van der Waals surface area contributed by atoms with Crippen LogP contribution in [0.4, 0.5) is 13.2 Å². The molecule has 0 aliphatic carbocycles. The molecule has 7 nitrogen and oxygen atoms in total. The molecule has 1 aliphatic rings. The predicted molar refractivity (Wildman–Crippen MR) is 88.8 cm³/mol. The average Bonchev–Trinajstić information content (AvgIpc) is 3.26. The first kappa shape index (κ1) is 18.9. The number of halogens is 3. The number of aromatic nitrogens is 3. The second-order valence-corrected chi connectivity index (χ2v) is 6.36. The number of rotatable bonds is 3. The molecule has 10 heteroatoms. The number of hydrogen-bond donors (Lipinski definition) is 2. The first-order valence-corrected chi connectivity index (χ1v) is 8.28. The lowest BCUT2D eigenvalue weighted by Gasteiger charge is -2.19. The molecule has 0 unspecified atom stereocenters. The van der Waals surface area contributed by atoms with Gasteiger partial charge in [-0.2, -0.15) is 18.3 Å². The molecular weight excluding hydrogens is 363 g/mol. The molecule has 0 radical (unpaired) electrons. The van der Waals surface area contributed by atoms with E-state index in [1.54, 1.807) is 6.92 Å².